The van der Waals surface area contributed by atoms with E-state index in [1.54, 1.807) is 24.4 Å². The van der Waals surface area contributed by atoms with Gasteiger partial charge in [0.25, 0.3) is 5.91 Å². The van der Waals surface area contributed by atoms with Crippen LogP contribution in [-0.2, 0) is 15.4 Å². The molecule has 0 aliphatic heterocycles. The van der Waals surface area contributed by atoms with E-state index in [4.69, 9.17) is 5.14 Å². The first-order valence-corrected chi connectivity index (χ1v) is 10.8. The quantitative estimate of drug-likeness (QED) is 0.658. The fourth-order valence-electron chi connectivity index (χ4n) is 3.30. The van der Waals surface area contributed by atoms with Gasteiger partial charge in [-0.25, -0.2) is 13.6 Å². The van der Waals surface area contributed by atoms with Gasteiger partial charge in [0, 0.05) is 17.4 Å². The highest BCUT2D eigenvalue weighted by atomic mass is 32.2. The maximum absolute atomic E-state index is 12.9. The van der Waals surface area contributed by atoms with Gasteiger partial charge in [-0.15, -0.1) is 0 Å². The second-order valence-corrected chi connectivity index (χ2v) is 8.76. The Balaban J connectivity index is 1.62. The number of nitrogens with one attached hydrogen (secondary N) is 1. The van der Waals surface area contributed by atoms with Gasteiger partial charge < -0.3 is 5.32 Å². The van der Waals surface area contributed by atoms with Gasteiger partial charge in [0.15, 0.2) is 0 Å². The van der Waals surface area contributed by atoms with Gasteiger partial charge in [-0.05, 0) is 48.7 Å². The van der Waals surface area contributed by atoms with Crippen LogP contribution >= 0.6 is 0 Å². The lowest BCUT2D eigenvalue weighted by atomic mass is 9.95. The lowest BCUT2D eigenvalue weighted by Gasteiger charge is -2.11. The number of primary sulfonamides is 1. The van der Waals surface area contributed by atoms with Crippen LogP contribution in [0.5, 0.6) is 0 Å². The molecule has 3 N–H and O–H groups in total. The smallest absolute Gasteiger partial charge is 0.257 e. The van der Waals surface area contributed by atoms with Crippen molar-refractivity contribution < 1.29 is 13.2 Å². The zero-order chi connectivity index (χ0) is 21.4. The van der Waals surface area contributed by atoms with Crippen molar-refractivity contribution in [3.8, 4) is 17.3 Å². The number of carbonyl (C=O) groups is 1. The molecule has 7 nitrogen and oxygen atoms in total. The minimum Gasteiger partial charge on any atom is -0.322 e. The molecule has 1 fully saturated rings. The number of rotatable bonds is 5. The first-order valence-electron chi connectivity index (χ1n) is 9.24. The Kier molecular flexibility index (Phi) is 4.86. The van der Waals surface area contributed by atoms with E-state index in [0.29, 0.717) is 16.9 Å². The summed E-state index contributed by atoms with van der Waals surface area (Å²) in [6, 6.07) is 18.9. The molecule has 0 spiro atoms. The monoisotopic (exact) mass is 418 g/mol. The van der Waals surface area contributed by atoms with E-state index in [0.717, 1.165) is 24.0 Å². The number of nitrogens with zero attached hydrogens (tertiary/aromatic N) is 2. The van der Waals surface area contributed by atoms with E-state index >= 15 is 0 Å². The minimum atomic E-state index is -3.88. The van der Waals surface area contributed by atoms with Crippen LogP contribution in [0.15, 0.2) is 71.8 Å². The molecule has 30 heavy (non-hydrogen) atoms. The number of nitrogens with two attached hydrogens (primary N) is 1. The van der Waals surface area contributed by atoms with E-state index < -0.39 is 15.9 Å². The molecule has 4 rings (SSSR count). The summed E-state index contributed by atoms with van der Waals surface area (Å²) in [6.45, 7) is 0. The normalized spacial score (nSPS) is 14.5. The summed E-state index contributed by atoms with van der Waals surface area (Å²) < 4.78 is 23.1. The summed E-state index contributed by atoms with van der Waals surface area (Å²) in [7, 11) is -3.88. The third kappa shape index (κ3) is 3.81. The molecule has 0 saturated heterocycles. The predicted molar refractivity (Wildman–Crippen MR) is 112 cm³/mol. The molecule has 1 heterocycles. The zero-order valence-corrected chi connectivity index (χ0v) is 16.7. The molecule has 1 aliphatic carbocycles. The van der Waals surface area contributed by atoms with Crippen molar-refractivity contribution in [2.45, 2.75) is 23.2 Å². The average Bonchev–Trinajstić information content (AvgIpc) is 3.55. The molecular formula is C22H18N4O3S. The highest BCUT2D eigenvalue weighted by molar-refractivity contribution is 7.89. The van der Waals surface area contributed by atoms with Crippen LogP contribution < -0.4 is 10.5 Å². The Morgan fingerprint density at radius 3 is 2.47 bits per heavy atom. The number of carbonyl (C=O) groups excluding carboxylic acids is 1. The molecule has 8 heteroatoms. The maximum Gasteiger partial charge on any atom is 0.257 e. The Labute approximate surface area is 174 Å². The first kappa shape index (κ1) is 19.8. The van der Waals surface area contributed by atoms with Gasteiger partial charge in [0.05, 0.1) is 27.6 Å². The van der Waals surface area contributed by atoms with Crippen LogP contribution in [0, 0.1) is 11.3 Å². The van der Waals surface area contributed by atoms with E-state index in [9.17, 15) is 18.5 Å². The van der Waals surface area contributed by atoms with Crippen molar-refractivity contribution >= 4 is 21.6 Å². The van der Waals surface area contributed by atoms with Crippen LogP contribution in [0.3, 0.4) is 0 Å². The minimum absolute atomic E-state index is 0.0891. The third-order valence-electron chi connectivity index (χ3n) is 5.15. The summed E-state index contributed by atoms with van der Waals surface area (Å²) in [5.41, 5.74) is 2.48. The van der Waals surface area contributed by atoms with Crippen LogP contribution in [0.25, 0.3) is 11.3 Å². The van der Waals surface area contributed by atoms with Crippen LogP contribution in [0.2, 0.25) is 0 Å². The number of hydrogen-bond acceptors (Lipinski definition) is 5. The van der Waals surface area contributed by atoms with E-state index in [2.05, 4.69) is 16.4 Å². The Hall–Kier alpha value is -3.54. The predicted octanol–water partition coefficient (Wildman–Crippen LogP) is 3.20. The molecule has 1 saturated carbocycles. The second-order valence-electron chi connectivity index (χ2n) is 7.20. The topological polar surface area (TPSA) is 126 Å². The van der Waals surface area contributed by atoms with Crippen molar-refractivity contribution in [1.29, 1.82) is 5.26 Å². The second kappa shape index (κ2) is 7.37. The van der Waals surface area contributed by atoms with Crippen LogP contribution in [-0.4, -0.2) is 19.3 Å². The molecule has 1 aliphatic rings. The number of hydrogen-bond donors (Lipinski definition) is 2. The third-order valence-corrected chi connectivity index (χ3v) is 6.06. The summed E-state index contributed by atoms with van der Waals surface area (Å²) in [5, 5.41) is 17.2. The van der Waals surface area contributed by atoms with Crippen LogP contribution in [0.1, 0.15) is 28.8 Å². The van der Waals surface area contributed by atoms with Gasteiger partial charge in [0.1, 0.15) is 0 Å². The van der Waals surface area contributed by atoms with Crippen molar-refractivity contribution in [2.24, 2.45) is 5.14 Å². The van der Waals surface area contributed by atoms with Gasteiger partial charge in [-0.1, -0.05) is 30.3 Å². The Bertz CT molecular complexity index is 1270. The van der Waals surface area contributed by atoms with E-state index in [1.165, 1.54) is 18.2 Å². The standard InChI is InChI=1S/C22H18N4O3S/c23-14-22(10-11-22)16-8-6-15(7-9-16)20-19(5-2-12-25-20)21(27)26-17-3-1-4-18(13-17)30(24,28)29/h1-9,12-13H,10-11H2,(H,26,27)(H2,24,28,29). The fraction of sp³-hybridized carbons (Fsp3) is 0.136. The lowest BCUT2D eigenvalue weighted by Crippen LogP contribution is -2.15. The summed E-state index contributed by atoms with van der Waals surface area (Å²) in [5.74, 6) is -0.426. The molecule has 2 aromatic carbocycles. The van der Waals surface area contributed by atoms with Gasteiger partial charge >= 0.3 is 0 Å². The molecule has 0 unspecified atom stereocenters. The largest absolute Gasteiger partial charge is 0.322 e. The highest BCUT2D eigenvalue weighted by Crippen LogP contribution is 2.47. The Morgan fingerprint density at radius 2 is 1.83 bits per heavy atom. The zero-order valence-electron chi connectivity index (χ0n) is 15.9. The summed E-state index contributed by atoms with van der Waals surface area (Å²) >= 11 is 0. The number of pyridine rings is 1. The Morgan fingerprint density at radius 1 is 1.10 bits per heavy atom. The van der Waals surface area contributed by atoms with Crippen LogP contribution in [0.4, 0.5) is 5.69 Å². The average molecular weight is 418 g/mol. The van der Waals surface area contributed by atoms with Gasteiger partial charge in [-0.2, -0.15) is 5.26 Å². The van der Waals surface area contributed by atoms with Gasteiger partial charge in [-0.3, -0.25) is 9.78 Å². The van der Waals surface area contributed by atoms with Crippen molar-refractivity contribution in [3.05, 3.63) is 78.0 Å². The molecule has 150 valence electrons. The molecule has 1 aromatic heterocycles. The van der Waals surface area contributed by atoms with Crippen molar-refractivity contribution in [3.63, 3.8) is 0 Å². The molecule has 0 radical (unpaired) electrons. The lowest BCUT2D eigenvalue weighted by molar-refractivity contribution is 0.102. The number of sulfonamides is 1. The van der Waals surface area contributed by atoms with E-state index in [1.807, 2.05) is 24.3 Å². The molecular weight excluding hydrogens is 400 g/mol. The number of anilines is 1. The molecule has 0 bridgehead atoms. The molecule has 1 amide bonds. The van der Waals surface area contributed by atoms with Crippen molar-refractivity contribution in [2.75, 3.05) is 5.32 Å². The fourth-order valence-corrected chi connectivity index (χ4v) is 3.86. The van der Waals surface area contributed by atoms with E-state index in [-0.39, 0.29) is 10.3 Å². The SMILES string of the molecule is N#CC1(c2ccc(-c3ncccc3C(=O)Nc3cccc(S(N)(=O)=O)c3)cc2)CC1. The first-order chi connectivity index (χ1) is 14.3. The highest BCUT2D eigenvalue weighted by Gasteiger charge is 2.44. The molecule has 0 atom stereocenters. The van der Waals surface area contributed by atoms with Crippen molar-refractivity contribution in [1.82, 2.24) is 4.98 Å². The number of nitriles is 1. The maximum atomic E-state index is 12.9. The summed E-state index contributed by atoms with van der Waals surface area (Å²) in [6.07, 6.45) is 3.31. The number of aromatic nitrogens is 1. The summed E-state index contributed by atoms with van der Waals surface area (Å²) in [4.78, 5) is 17.1. The molecule has 3 aromatic rings. The number of amides is 1. The number of benzene rings is 2. The van der Waals surface area contributed by atoms with Gasteiger partial charge in [0.2, 0.25) is 10.0 Å².